The van der Waals surface area contributed by atoms with Gasteiger partial charge in [0, 0.05) is 44.4 Å². The molecule has 1 amide bonds. The first-order valence-corrected chi connectivity index (χ1v) is 10.8. The molecule has 170 valence electrons. The van der Waals surface area contributed by atoms with Crippen molar-refractivity contribution in [2.24, 2.45) is 0 Å². The third-order valence-corrected chi connectivity index (χ3v) is 6.19. The number of rotatable bonds is 6. The molecule has 0 radical (unpaired) electrons. The number of fused-ring (bicyclic) bond motifs is 3. The SMILES string of the molecule is C=CNC(=O)c1c(O)c2cc(-c3ccc(F)cc3)cnc2n(CCN2CC3CC(C2)O3)c1=O. The summed E-state index contributed by atoms with van der Waals surface area (Å²) < 4.78 is 20.4. The van der Waals surface area contributed by atoms with Crippen LogP contribution in [0.1, 0.15) is 16.8 Å². The van der Waals surface area contributed by atoms with Gasteiger partial charge in [-0.1, -0.05) is 18.7 Å². The molecule has 2 atom stereocenters. The summed E-state index contributed by atoms with van der Waals surface area (Å²) in [6.07, 6.45) is 4.27. The molecular formula is C24H23FN4O4. The topological polar surface area (TPSA) is 96.7 Å². The van der Waals surface area contributed by atoms with E-state index in [1.54, 1.807) is 24.4 Å². The van der Waals surface area contributed by atoms with E-state index in [0.717, 1.165) is 25.7 Å². The lowest BCUT2D eigenvalue weighted by Crippen LogP contribution is -2.57. The summed E-state index contributed by atoms with van der Waals surface area (Å²) in [4.78, 5) is 32.5. The van der Waals surface area contributed by atoms with Gasteiger partial charge >= 0.3 is 0 Å². The van der Waals surface area contributed by atoms with Crippen LogP contribution in [0.25, 0.3) is 22.2 Å². The molecule has 6 rings (SSSR count). The Balaban J connectivity index is 1.58. The van der Waals surface area contributed by atoms with Gasteiger partial charge in [0.1, 0.15) is 22.8 Å². The maximum atomic E-state index is 13.3. The fourth-order valence-electron chi connectivity index (χ4n) is 4.56. The van der Waals surface area contributed by atoms with Crippen LogP contribution in [-0.2, 0) is 11.3 Å². The maximum Gasteiger partial charge on any atom is 0.268 e. The van der Waals surface area contributed by atoms with Gasteiger partial charge in [0.15, 0.2) is 0 Å². The summed E-state index contributed by atoms with van der Waals surface area (Å²) in [6.45, 7) is 5.93. The fraction of sp³-hybridized carbons (Fsp3) is 0.292. The largest absolute Gasteiger partial charge is 0.506 e. The number of morpholine rings is 1. The van der Waals surface area contributed by atoms with E-state index < -0.39 is 17.2 Å². The Morgan fingerprint density at radius 3 is 2.61 bits per heavy atom. The number of pyridine rings is 2. The zero-order valence-electron chi connectivity index (χ0n) is 17.8. The maximum absolute atomic E-state index is 13.3. The lowest BCUT2D eigenvalue weighted by molar-refractivity contribution is -0.180. The van der Waals surface area contributed by atoms with Crippen molar-refractivity contribution in [2.45, 2.75) is 25.2 Å². The van der Waals surface area contributed by atoms with Gasteiger partial charge < -0.3 is 15.2 Å². The lowest BCUT2D eigenvalue weighted by Gasteiger charge is -2.47. The van der Waals surface area contributed by atoms with E-state index >= 15 is 0 Å². The zero-order chi connectivity index (χ0) is 23.1. The van der Waals surface area contributed by atoms with Gasteiger partial charge in [0.2, 0.25) is 0 Å². The number of nitrogens with one attached hydrogen (secondary N) is 1. The first-order chi connectivity index (χ1) is 15.9. The molecule has 0 aliphatic carbocycles. The third-order valence-electron chi connectivity index (χ3n) is 6.19. The predicted molar refractivity (Wildman–Crippen MR) is 120 cm³/mol. The second-order valence-corrected chi connectivity index (χ2v) is 8.34. The van der Waals surface area contributed by atoms with E-state index in [9.17, 15) is 19.1 Å². The molecule has 0 saturated carbocycles. The highest BCUT2D eigenvalue weighted by Crippen LogP contribution is 2.31. The molecule has 8 nitrogen and oxygen atoms in total. The van der Waals surface area contributed by atoms with Crippen molar-refractivity contribution in [1.29, 1.82) is 0 Å². The number of benzene rings is 1. The Morgan fingerprint density at radius 2 is 1.94 bits per heavy atom. The van der Waals surface area contributed by atoms with Crippen molar-refractivity contribution >= 4 is 16.9 Å². The minimum absolute atomic E-state index is 0.238. The number of aromatic hydroxyl groups is 1. The number of carbonyl (C=O) groups excluding carboxylic acids is 1. The van der Waals surface area contributed by atoms with E-state index in [1.165, 1.54) is 16.7 Å². The highest BCUT2D eigenvalue weighted by Gasteiger charge is 2.38. The highest BCUT2D eigenvalue weighted by atomic mass is 19.1. The van der Waals surface area contributed by atoms with Gasteiger partial charge in [0.25, 0.3) is 11.5 Å². The molecule has 2 aromatic heterocycles. The van der Waals surface area contributed by atoms with Gasteiger partial charge in [-0.2, -0.15) is 0 Å². The number of nitrogens with zero attached hydrogens (tertiary/aromatic N) is 3. The molecule has 2 N–H and O–H groups in total. The Labute approximate surface area is 188 Å². The summed E-state index contributed by atoms with van der Waals surface area (Å²) in [5, 5.41) is 13.5. The Hall–Kier alpha value is -3.56. The molecule has 2 bridgehead atoms. The molecular weight excluding hydrogens is 427 g/mol. The summed E-state index contributed by atoms with van der Waals surface area (Å²) in [7, 11) is 0. The second-order valence-electron chi connectivity index (χ2n) is 8.34. The number of hydrogen-bond donors (Lipinski definition) is 2. The summed E-state index contributed by atoms with van der Waals surface area (Å²) in [6, 6.07) is 7.50. The van der Waals surface area contributed by atoms with E-state index in [2.05, 4.69) is 21.8 Å². The monoisotopic (exact) mass is 450 g/mol. The van der Waals surface area contributed by atoms with E-state index in [0.29, 0.717) is 24.2 Å². The molecule has 3 saturated heterocycles. The smallest absolute Gasteiger partial charge is 0.268 e. The van der Waals surface area contributed by atoms with E-state index in [-0.39, 0.29) is 34.6 Å². The summed E-state index contributed by atoms with van der Waals surface area (Å²) in [5.74, 6) is -1.56. The van der Waals surface area contributed by atoms with Crippen molar-refractivity contribution in [3.63, 3.8) is 0 Å². The molecule has 3 fully saturated rings. The normalized spacial score (nSPS) is 19.8. The second kappa shape index (κ2) is 8.42. The van der Waals surface area contributed by atoms with Crippen molar-refractivity contribution in [3.05, 3.63) is 71.0 Å². The van der Waals surface area contributed by atoms with Crippen LogP contribution < -0.4 is 10.9 Å². The first-order valence-electron chi connectivity index (χ1n) is 10.8. The molecule has 3 aromatic rings. The fourth-order valence-corrected chi connectivity index (χ4v) is 4.56. The standard InChI is InChI=1S/C24H23FN4O4/c1-2-26-23(31)20-21(30)19-9-15(14-3-5-16(25)6-4-14)11-27-22(19)29(24(20)32)8-7-28-12-17-10-18(13-28)33-17/h2-6,9,11,17-18,30H,1,7-8,10,12-13H2,(H,26,31). The van der Waals surface area contributed by atoms with Gasteiger partial charge in [-0.25, -0.2) is 9.37 Å². The zero-order valence-corrected chi connectivity index (χ0v) is 17.8. The molecule has 3 aliphatic rings. The highest BCUT2D eigenvalue weighted by molar-refractivity contribution is 6.02. The van der Waals surface area contributed by atoms with Gasteiger partial charge in [-0.15, -0.1) is 0 Å². The number of hydrogen-bond acceptors (Lipinski definition) is 6. The number of aromatic nitrogens is 2. The summed E-state index contributed by atoms with van der Waals surface area (Å²) >= 11 is 0. The van der Waals surface area contributed by atoms with Crippen LogP contribution >= 0.6 is 0 Å². The van der Waals surface area contributed by atoms with Crippen LogP contribution in [0.15, 0.2) is 54.1 Å². The Kier molecular flexibility index (Phi) is 5.43. The first kappa shape index (κ1) is 21.3. The van der Waals surface area contributed by atoms with Gasteiger partial charge in [0.05, 0.1) is 17.6 Å². The molecule has 2 unspecified atom stereocenters. The van der Waals surface area contributed by atoms with Gasteiger partial charge in [-0.3, -0.25) is 19.1 Å². The summed E-state index contributed by atoms with van der Waals surface area (Å²) in [5.41, 5.74) is 0.584. The molecule has 9 heteroatoms. The number of ether oxygens (including phenoxy) is 1. The Bertz CT molecular complexity index is 1290. The molecule has 33 heavy (non-hydrogen) atoms. The van der Waals surface area contributed by atoms with Crippen LogP contribution in [-0.4, -0.2) is 57.3 Å². The minimum Gasteiger partial charge on any atom is -0.506 e. The molecule has 1 aromatic carbocycles. The van der Waals surface area contributed by atoms with Gasteiger partial charge in [-0.05, 0) is 30.0 Å². The average Bonchev–Trinajstić information content (AvgIpc) is 2.79. The van der Waals surface area contributed by atoms with E-state index in [4.69, 9.17) is 4.74 Å². The predicted octanol–water partition coefficient (Wildman–Crippen LogP) is 2.25. The van der Waals surface area contributed by atoms with E-state index in [1.807, 2.05) is 0 Å². The quantitative estimate of drug-likeness (QED) is 0.598. The number of halogens is 1. The van der Waals surface area contributed by atoms with Crippen molar-refractivity contribution < 1.29 is 19.0 Å². The third kappa shape index (κ3) is 3.90. The van der Waals surface area contributed by atoms with Crippen LogP contribution in [0, 0.1) is 5.82 Å². The van der Waals surface area contributed by atoms with Crippen molar-refractivity contribution in [2.75, 3.05) is 19.6 Å². The molecule has 0 spiro atoms. The number of amides is 1. The van der Waals surface area contributed by atoms with Crippen LogP contribution in [0.4, 0.5) is 4.39 Å². The Morgan fingerprint density at radius 1 is 1.24 bits per heavy atom. The average molecular weight is 450 g/mol. The van der Waals surface area contributed by atoms with Crippen LogP contribution in [0.5, 0.6) is 5.75 Å². The number of piperidine rings is 1. The van der Waals surface area contributed by atoms with Crippen molar-refractivity contribution in [1.82, 2.24) is 19.8 Å². The molecule has 5 heterocycles. The number of carbonyl (C=O) groups is 1. The van der Waals surface area contributed by atoms with Crippen molar-refractivity contribution in [3.8, 4) is 16.9 Å². The molecule has 3 aliphatic heterocycles. The lowest BCUT2D eigenvalue weighted by atomic mass is 9.99. The van der Waals surface area contributed by atoms with Crippen LogP contribution in [0.2, 0.25) is 0 Å². The van der Waals surface area contributed by atoms with Crippen LogP contribution in [0.3, 0.4) is 0 Å². The minimum atomic E-state index is -0.747.